The summed E-state index contributed by atoms with van der Waals surface area (Å²) in [5.74, 6) is 0.618. The maximum Gasteiger partial charge on any atom is 0.181 e. The molecule has 1 aromatic rings. The summed E-state index contributed by atoms with van der Waals surface area (Å²) < 4.78 is 30.3. The van der Waals surface area contributed by atoms with Crippen LogP contribution in [0.1, 0.15) is 19.8 Å². The third kappa shape index (κ3) is 2.84. The van der Waals surface area contributed by atoms with E-state index in [0.717, 1.165) is 13.1 Å². The maximum absolute atomic E-state index is 12.5. The Kier molecular flexibility index (Phi) is 4.24. The number of rotatable bonds is 4. The van der Waals surface area contributed by atoms with E-state index in [2.05, 4.69) is 5.32 Å². The Bertz CT molecular complexity index is 493. The molecule has 1 saturated heterocycles. The molecule has 1 aromatic carbocycles. The second-order valence-corrected chi connectivity index (χ2v) is 6.63. The van der Waals surface area contributed by atoms with Gasteiger partial charge in [0.05, 0.1) is 16.8 Å². The highest BCUT2D eigenvalue weighted by atomic mass is 32.2. The molecule has 1 fully saturated rings. The van der Waals surface area contributed by atoms with E-state index in [4.69, 9.17) is 4.74 Å². The average Bonchev–Trinajstić information content (AvgIpc) is 2.40. The average molecular weight is 269 g/mol. The van der Waals surface area contributed by atoms with E-state index in [9.17, 15) is 8.42 Å². The van der Waals surface area contributed by atoms with Gasteiger partial charge >= 0.3 is 0 Å². The zero-order valence-corrected chi connectivity index (χ0v) is 11.4. The molecule has 4 nitrogen and oxygen atoms in total. The van der Waals surface area contributed by atoms with Crippen LogP contribution in [0.5, 0.6) is 5.75 Å². The van der Waals surface area contributed by atoms with Crippen molar-refractivity contribution in [3.8, 4) is 5.75 Å². The van der Waals surface area contributed by atoms with Crippen molar-refractivity contribution in [3.63, 3.8) is 0 Å². The van der Waals surface area contributed by atoms with E-state index in [-0.39, 0.29) is 5.25 Å². The first-order valence-corrected chi connectivity index (χ1v) is 7.86. The first-order valence-electron chi connectivity index (χ1n) is 6.32. The van der Waals surface area contributed by atoms with Crippen LogP contribution in [0.3, 0.4) is 0 Å². The minimum Gasteiger partial charge on any atom is -0.494 e. The highest BCUT2D eigenvalue weighted by Gasteiger charge is 2.28. The normalized spacial score (nSPS) is 17.6. The largest absolute Gasteiger partial charge is 0.494 e. The molecule has 1 N–H and O–H groups in total. The van der Waals surface area contributed by atoms with Gasteiger partial charge in [0.2, 0.25) is 0 Å². The van der Waals surface area contributed by atoms with Crippen molar-refractivity contribution in [1.82, 2.24) is 5.32 Å². The number of sulfone groups is 1. The molecule has 0 bridgehead atoms. The number of hydrogen-bond donors (Lipinski definition) is 1. The van der Waals surface area contributed by atoms with Crippen LogP contribution in [0.2, 0.25) is 0 Å². The molecule has 0 aromatic heterocycles. The number of ether oxygens (including phenoxy) is 1. The van der Waals surface area contributed by atoms with Crippen LogP contribution in [0.15, 0.2) is 29.2 Å². The summed E-state index contributed by atoms with van der Waals surface area (Å²) in [4.78, 5) is 0.375. The van der Waals surface area contributed by atoms with Crippen LogP contribution in [0.4, 0.5) is 0 Å². The van der Waals surface area contributed by atoms with Crippen molar-refractivity contribution >= 4 is 9.84 Å². The quantitative estimate of drug-likeness (QED) is 0.902. The van der Waals surface area contributed by atoms with Gasteiger partial charge in [-0.15, -0.1) is 0 Å². The zero-order chi connectivity index (χ0) is 13.0. The molecular formula is C13H19NO3S. The Morgan fingerprint density at radius 1 is 1.33 bits per heavy atom. The Morgan fingerprint density at radius 2 is 2.06 bits per heavy atom. The second-order valence-electron chi connectivity index (χ2n) is 4.40. The van der Waals surface area contributed by atoms with Crippen molar-refractivity contribution in [1.29, 1.82) is 0 Å². The molecule has 0 saturated carbocycles. The third-order valence-electron chi connectivity index (χ3n) is 3.17. The molecule has 0 aliphatic carbocycles. The first kappa shape index (κ1) is 13.4. The minimum atomic E-state index is -3.22. The fourth-order valence-corrected chi connectivity index (χ4v) is 4.00. The number of hydrogen-bond acceptors (Lipinski definition) is 4. The number of benzene rings is 1. The summed E-state index contributed by atoms with van der Waals surface area (Å²) >= 11 is 0. The van der Waals surface area contributed by atoms with Gasteiger partial charge in [-0.2, -0.15) is 0 Å². The summed E-state index contributed by atoms with van der Waals surface area (Å²) in [6.45, 7) is 3.97. The monoisotopic (exact) mass is 269 g/mol. The molecule has 0 spiro atoms. The van der Waals surface area contributed by atoms with E-state index in [0.29, 0.717) is 30.1 Å². The fourth-order valence-electron chi connectivity index (χ4n) is 2.21. The summed E-state index contributed by atoms with van der Waals surface area (Å²) in [6, 6.07) is 6.80. The lowest BCUT2D eigenvalue weighted by atomic mass is 10.2. The highest BCUT2D eigenvalue weighted by molar-refractivity contribution is 7.92. The molecule has 18 heavy (non-hydrogen) atoms. The van der Waals surface area contributed by atoms with Gasteiger partial charge in [-0.25, -0.2) is 8.42 Å². The molecule has 5 heteroatoms. The molecule has 100 valence electrons. The van der Waals surface area contributed by atoms with E-state index >= 15 is 0 Å². The van der Waals surface area contributed by atoms with Crippen LogP contribution in [0.25, 0.3) is 0 Å². The Balaban J connectivity index is 2.25. The van der Waals surface area contributed by atoms with Crippen molar-refractivity contribution in [2.24, 2.45) is 0 Å². The van der Waals surface area contributed by atoms with Crippen LogP contribution in [-0.2, 0) is 9.84 Å². The summed E-state index contributed by atoms with van der Waals surface area (Å²) in [7, 11) is -3.22. The van der Waals surface area contributed by atoms with Crippen molar-refractivity contribution in [2.75, 3.05) is 19.7 Å². The smallest absolute Gasteiger partial charge is 0.181 e. The van der Waals surface area contributed by atoms with Gasteiger partial charge in [-0.1, -0.05) is 6.07 Å². The summed E-state index contributed by atoms with van der Waals surface area (Å²) in [5.41, 5.74) is 0. The van der Waals surface area contributed by atoms with Gasteiger partial charge < -0.3 is 10.1 Å². The van der Waals surface area contributed by atoms with E-state index < -0.39 is 9.84 Å². The molecule has 2 rings (SSSR count). The zero-order valence-electron chi connectivity index (χ0n) is 10.6. The Labute approximate surface area is 108 Å². The number of piperidine rings is 1. The van der Waals surface area contributed by atoms with Gasteiger partial charge in [-0.05, 0) is 51.1 Å². The van der Waals surface area contributed by atoms with Gasteiger partial charge in [0.1, 0.15) is 5.75 Å². The Morgan fingerprint density at radius 3 is 2.72 bits per heavy atom. The summed E-state index contributed by atoms with van der Waals surface area (Å²) in [6.07, 6.45) is 1.36. The SMILES string of the molecule is CCOc1cccc(S(=O)(=O)C2CCNCC2)c1. The predicted octanol–water partition coefficient (Wildman–Crippen LogP) is 1.61. The summed E-state index contributed by atoms with van der Waals surface area (Å²) in [5, 5.41) is 2.91. The highest BCUT2D eigenvalue weighted by Crippen LogP contribution is 2.25. The lowest BCUT2D eigenvalue weighted by molar-refractivity contribution is 0.339. The lowest BCUT2D eigenvalue weighted by Gasteiger charge is -2.22. The molecule has 1 aliphatic heterocycles. The van der Waals surface area contributed by atoms with Crippen LogP contribution < -0.4 is 10.1 Å². The second kappa shape index (κ2) is 5.71. The van der Waals surface area contributed by atoms with Crippen molar-refractivity contribution < 1.29 is 13.2 Å². The van der Waals surface area contributed by atoms with Gasteiger partial charge in [-0.3, -0.25) is 0 Å². The van der Waals surface area contributed by atoms with Crippen LogP contribution >= 0.6 is 0 Å². The van der Waals surface area contributed by atoms with Crippen molar-refractivity contribution in [2.45, 2.75) is 29.9 Å². The van der Waals surface area contributed by atoms with E-state index in [1.54, 1.807) is 24.3 Å². The molecule has 0 radical (unpaired) electrons. The lowest BCUT2D eigenvalue weighted by Crippen LogP contribution is -2.35. The van der Waals surface area contributed by atoms with Crippen LogP contribution in [-0.4, -0.2) is 33.4 Å². The maximum atomic E-state index is 12.5. The van der Waals surface area contributed by atoms with E-state index in [1.807, 2.05) is 6.92 Å². The number of nitrogens with one attached hydrogen (secondary N) is 1. The molecular weight excluding hydrogens is 250 g/mol. The Hall–Kier alpha value is -1.07. The third-order valence-corrected chi connectivity index (χ3v) is 5.43. The van der Waals surface area contributed by atoms with Gasteiger partial charge in [0.15, 0.2) is 9.84 Å². The standard InChI is InChI=1S/C13H19NO3S/c1-2-17-11-4-3-5-13(10-11)18(15,16)12-6-8-14-9-7-12/h3-5,10,12,14H,2,6-9H2,1H3. The minimum absolute atomic E-state index is 0.268. The predicted molar refractivity (Wildman–Crippen MR) is 70.7 cm³/mol. The molecule has 1 aliphatic rings. The van der Waals surface area contributed by atoms with Crippen LogP contribution in [0, 0.1) is 0 Å². The van der Waals surface area contributed by atoms with E-state index in [1.165, 1.54) is 0 Å². The van der Waals surface area contributed by atoms with Gasteiger partial charge in [0, 0.05) is 0 Å². The molecule has 0 atom stereocenters. The van der Waals surface area contributed by atoms with Gasteiger partial charge in [0.25, 0.3) is 0 Å². The van der Waals surface area contributed by atoms with Crippen molar-refractivity contribution in [3.05, 3.63) is 24.3 Å². The molecule has 1 heterocycles. The molecule has 0 amide bonds. The topological polar surface area (TPSA) is 55.4 Å². The fraction of sp³-hybridized carbons (Fsp3) is 0.538. The first-order chi connectivity index (χ1) is 8.64. The molecule has 0 unspecified atom stereocenters.